The normalized spacial score (nSPS) is 12.9. The average Bonchev–Trinajstić information content (AvgIpc) is 2.14. The summed E-state index contributed by atoms with van der Waals surface area (Å²) in [6.45, 7) is 11.0. The minimum absolute atomic E-state index is 0.00829. The molecule has 0 radical (unpaired) electrons. The monoisotopic (exact) mass is 201 g/mol. The topological polar surface area (TPSA) is 29.5 Å². The van der Waals surface area contributed by atoms with Crippen molar-refractivity contribution in [3.05, 3.63) is 0 Å². The zero-order valence-electron chi connectivity index (χ0n) is 9.88. The van der Waals surface area contributed by atoms with Crippen molar-refractivity contribution in [1.29, 1.82) is 0 Å². The van der Waals surface area contributed by atoms with Crippen LogP contribution in [-0.4, -0.2) is 36.6 Å². The van der Waals surface area contributed by atoms with Crippen molar-refractivity contribution in [1.82, 2.24) is 4.90 Å². The first-order valence-corrected chi connectivity index (χ1v) is 5.55. The molecule has 0 rings (SSSR count). The smallest absolute Gasteiger partial charge is 0.306 e. The van der Waals surface area contributed by atoms with Crippen LogP contribution in [0.3, 0.4) is 0 Å². The van der Waals surface area contributed by atoms with E-state index in [1.54, 1.807) is 0 Å². The molecule has 0 heterocycles. The fraction of sp³-hybridized carbons (Fsp3) is 0.909. The molecule has 1 unspecified atom stereocenters. The van der Waals surface area contributed by atoms with Gasteiger partial charge in [0.1, 0.15) is 6.10 Å². The van der Waals surface area contributed by atoms with Gasteiger partial charge in [0.25, 0.3) is 0 Å². The van der Waals surface area contributed by atoms with Crippen molar-refractivity contribution < 1.29 is 9.53 Å². The molecule has 0 aliphatic carbocycles. The highest BCUT2D eigenvalue weighted by molar-refractivity contribution is 5.69. The highest BCUT2D eigenvalue weighted by atomic mass is 16.5. The van der Waals surface area contributed by atoms with E-state index in [0.717, 1.165) is 26.1 Å². The third-order valence-corrected chi connectivity index (χ3v) is 2.20. The van der Waals surface area contributed by atoms with Crippen LogP contribution in [0.25, 0.3) is 0 Å². The number of esters is 1. The summed E-state index contributed by atoms with van der Waals surface area (Å²) in [5.41, 5.74) is 0. The van der Waals surface area contributed by atoms with Crippen LogP contribution in [0.4, 0.5) is 0 Å². The number of hydrogen-bond acceptors (Lipinski definition) is 3. The third kappa shape index (κ3) is 5.97. The summed E-state index contributed by atoms with van der Waals surface area (Å²) in [6.07, 6.45) is 1.40. The maximum atomic E-state index is 11.2. The van der Waals surface area contributed by atoms with Gasteiger partial charge in [-0.3, -0.25) is 4.79 Å². The minimum Gasteiger partial charge on any atom is -0.461 e. The van der Waals surface area contributed by atoms with Gasteiger partial charge in [-0.1, -0.05) is 20.8 Å². The van der Waals surface area contributed by atoms with Gasteiger partial charge in [0.15, 0.2) is 0 Å². The van der Waals surface area contributed by atoms with Gasteiger partial charge < -0.3 is 9.64 Å². The van der Waals surface area contributed by atoms with Gasteiger partial charge in [0, 0.05) is 13.0 Å². The Morgan fingerprint density at radius 2 is 1.86 bits per heavy atom. The van der Waals surface area contributed by atoms with Crippen LogP contribution in [0.5, 0.6) is 0 Å². The maximum Gasteiger partial charge on any atom is 0.306 e. The van der Waals surface area contributed by atoms with Crippen LogP contribution >= 0.6 is 0 Å². The van der Waals surface area contributed by atoms with Crippen LogP contribution in [-0.2, 0) is 9.53 Å². The van der Waals surface area contributed by atoms with E-state index in [4.69, 9.17) is 4.74 Å². The molecular formula is C11H23NO2. The molecule has 84 valence electrons. The highest BCUT2D eigenvalue weighted by Gasteiger charge is 2.11. The Morgan fingerprint density at radius 1 is 1.29 bits per heavy atom. The Hall–Kier alpha value is -0.570. The molecule has 0 saturated heterocycles. The number of ether oxygens (including phenoxy) is 1. The van der Waals surface area contributed by atoms with E-state index in [0.29, 0.717) is 6.42 Å². The quantitative estimate of drug-likeness (QED) is 0.590. The van der Waals surface area contributed by atoms with Crippen molar-refractivity contribution in [2.75, 3.05) is 19.6 Å². The second-order valence-corrected chi connectivity index (χ2v) is 3.54. The van der Waals surface area contributed by atoms with E-state index in [1.165, 1.54) is 0 Å². The summed E-state index contributed by atoms with van der Waals surface area (Å²) in [4.78, 5) is 13.4. The Morgan fingerprint density at radius 3 is 2.29 bits per heavy atom. The summed E-state index contributed by atoms with van der Waals surface area (Å²) in [6, 6.07) is 0. The molecule has 0 N–H and O–H groups in total. The lowest BCUT2D eigenvalue weighted by Crippen LogP contribution is -2.33. The molecule has 0 fully saturated rings. The van der Waals surface area contributed by atoms with Gasteiger partial charge in [-0.2, -0.15) is 0 Å². The number of carbonyl (C=O) groups is 1. The molecule has 0 aliphatic rings. The third-order valence-electron chi connectivity index (χ3n) is 2.20. The maximum absolute atomic E-state index is 11.2. The van der Waals surface area contributed by atoms with E-state index < -0.39 is 0 Å². The lowest BCUT2D eigenvalue weighted by molar-refractivity contribution is -0.149. The Kier molecular flexibility index (Phi) is 7.48. The molecule has 0 aliphatic heterocycles. The minimum atomic E-state index is -0.0767. The van der Waals surface area contributed by atoms with Crippen molar-refractivity contribution in [2.24, 2.45) is 0 Å². The molecule has 0 bridgehead atoms. The lowest BCUT2D eigenvalue weighted by Gasteiger charge is -2.22. The van der Waals surface area contributed by atoms with Gasteiger partial charge in [-0.25, -0.2) is 0 Å². The molecule has 0 aromatic rings. The van der Waals surface area contributed by atoms with Gasteiger partial charge >= 0.3 is 5.97 Å². The first-order chi connectivity index (χ1) is 6.63. The molecular weight excluding hydrogens is 178 g/mol. The fourth-order valence-corrected chi connectivity index (χ4v) is 1.37. The van der Waals surface area contributed by atoms with Crippen molar-refractivity contribution in [2.45, 2.75) is 46.6 Å². The molecule has 0 aromatic heterocycles. The first kappa shape index (κ1) is 13.4. The summed E-state index contributed by atoms with van der Waals surface area (Å²) >= 11 is 0. The molecule has 14 heavy (non-hydrogen) atoms. The van der Waals surface area contributed by atoms with Gasteiger partial charge in [-0.05, 0) is 26.4 Å². The number of likely N-dealkylation sites (N-methyl/N-ethyl adjacent to an activating group) is 1. The van der Waals surface area contributed by atoms with Gasteiger partial charge in [0.05, 0.1) is 0 Å². The predicted octanol–water partition coefficient (Wildman–Crippen LogP) is 2.06. The predicted molar refractivity (Wildman–Crippen MR) is 58.3 cm³/mol. The number of carbonyl (C=O) groups excluding carboxylic acids is 1. The van der Waals surface area contributed by atoms with E-state index in [2.05, 4.69) is 18.7 Å². The van der Waals surface area contributed by atoms with Gasteiger partial charge in [0.2, 0.25) is 0 Å². The average molecular weight is 201 g/mol. The molecule has 0 amide bonds. The van der Waals surface area contributed by atoms with E-state index in [-0.39, 0.29) is 12.1 Å². The van der Waals surface area contributed by atoms with Crippen molar-refractivity contribution in [3.8, 4) is 0 Å². The fourth-order valence-electron chi connectivity index (χ4n) is 1.37. The summed E-state index contributed by atoms with van der Waals surface area (Å²) in [7, 11) is 0. The van der Waals surface area contributed by atoms with Crippen LogP contribution in [0, 0.1) is 0 Å². The largest absolute Gasteiger partial charge is 0.461 e. The van der Waals surface area contributed by atoms with Crippen LogP contribution in [0.1, 0.15) is 40.5 Å². The van der Waals surface area contributed by atoms with Gasteiger partial charge in [-0.15, -0.1) is 0 Å². The highest BCUT2D eigenvalue weighted by Crippen LogP contribution is 2.00. The molecule has 3 heteroatoms. The Balaban J connectivity index is 3.72. The lowest BCUT2D eigenvalue weighted by atomic mass is 10.3. The zero-order valence-corrected chi connectivity index (χ0v) is 9.88. The number of nitrogens with zero attached hydrogens (tertiary/aromatic N) is 1. The summed E-state index contributed by atoms with van der Waals surface area (Å²) < 4.78 is 5.24. The zero-order chi connectivity index (χ0) is 11.0. The summed E-state index contributed by atoms with van der Waals surface area (Å²) in [5.74, 6) is -0.0767. The van der Waals surface area contributed by atoms with E-state index >= 15 is 0 Å². The van der Waals surface area contributed by atoms with Crippen molar-refractivity contribution in [3.63, 3.8) is 0 Å². The SMILES string of the molecule is CCCC(=O)OC(C)CN(CC)CC. The second-order valence-electron chi connectivity index (χ2n) is 3.54. The van der Waals surface area contributed by atoms with Crippen LogP contribution < -0.4 is 0 Å². The Bertz CT molecular complexity index is 155. The Labute approximate surface area is 87.4 Å². The second kappa shape index (κ2) is 7.80. The first-order valence-electron chi connectivity index (χ1n) is 5.55. The van der Waals surface area contributed by atoms with Crippen LogP contribution in [0.15, 0.2) is 0 Å². The van der Waals surface area contributed by atoms with E-state index in [9.17, 15) is 4.79 Å². The molecule has 3 nitrogen and oxygen atoms in total. The van der Waals surface area contributed by atoms with Crippen LogP contribution in [0.2, 0.25) is 0 Å². The molecule has 1 atom stereocenters. The molecule has 0 spiro atoms. The molecule has 0 saturated carbocycles. The summed E-state index contributed by atoms with van der Waals surface area (Å²) in [5, 5.41) is 0. The molecule has 0 aromatic carbocycles. The number of rotatable bonds is 7. The standard InChI is InChI=1S/C11H23NO2/c1-5-8-11(13)14-10(4)9-12(6-2)7-3/h10H,5-9H2,1-4H3. The number of hydrogen-bond donors (Lipinski definition) is 0. The van der Waals surface area contributed by atoms with E-state index in [1.807, 2.05) is 13.8 Å². The van der Waals surface area contributed by atoms with Crippen molar-refractivity contribution >= 4 is 5.97 Å².